The predicted molar refractivity (Wildman–Crippen MR) is 28.4 cm³/mol. The fraction of sp³-hybridized carbons (Fsp3) is 0.500. The zero-order chi connectivity index (χ0) is 7.61. The van der Waals surface area contributed by atoms with Crippen LogP contribution < -0.4 is 10.5 Å². The molecule has 0 atom stereocenters. The van der Waals surface area contributed by atoms with Crippen molar-refractivity contribution in [2.24, 2.45) is 4.99 Å². The Balaban J connectivity index is 2.41. The molecule has 10 heavy (non-hydrogen) atoms. The highest BCUT2D eigenvalue weighted by molar-refractivity contribution is 5.91. The van der Waals surface area contributed by atoms with E-state index in [4.69, 9.17) is 0 Å². The lowest BCUT2D eigenvalue weighted by atomic mass is 10.4. The first kappa shape index (κ1) is 7.04. The summed E-state index contributed by atoms with van der Waals surface area (Å²) in [6.07, 6.45) is -3.31. The van der Waals surface area contributed by atoms with Gasteiger partial charge in [0.25, 0.3) is 5.84 Å². The lowest BCUT2D eigenvalue weighted by Gasteiger charge is -1.99. The maximum Gasteiger partial charge on any atom is 0.490 e. The number of alkyl halides is 3. The van der Waals surface area contributed by atoms with Gasteiger partial charge in [-0.3, -0.25) is 0 Å². The standard InChI is InChI=1S/C4H3F3N3/c5-4(6,7)1-3-8-2-9-10-3/h1H2,(H,8,10)/q+1. The molecule has 1 N–H and O–H groups in total. The van der Waals surface area contributed by atoms with Crippen LogP contribution in [0, 0.1) is 0 Å². The summed E-state index contributed by atoms with van der Waals surface area (Å²) in [5, 5.41) is 3.15. The van der Waals surface area contributed by atoms with Gasteiger partial charge in [-0.15, -0.1) is 5.43 Å². The number of rotatable bonds is 1. The Kier molecular flexibility index (Phi) is 1.60. The van der Waals surface area contributed by atoms with Crippen LogP contribution >= 0.6 is 0 Å². The highest BCUT2D eigenvalue weighted by atomic mass is 19.4. The second-order valence-corrected chi connectivity index (χ2v) is 1.67. The minimum atomic E-state index is -4.23. The average molecular weight is 150 g/mol. The molecule has 0 bridgehead atoms. The van der Waals surface area contributed by atoms with Gasteiger partial charge in [0.1, 0.15) is 6.42 Å². The van der Waals surface area contributed by atoms with Crippen LogP contribution in [0.2, 0.25) is 0 Å². The molecule has 0 aromatic heterocycles. The van der Waals surface area contributed by atoms with Crippen LogP contribution in [0.4, 0.5) is 13.2 Å². The van der Waals surface area contributed by atoms with Gasteiger partial charge in [0.15, 0.2) is 0 Å². The molecule has 0 saturated heterocycles. The SMILES string of the molecule is FC(F)(F)CC1=N[C]=[N+]N1. The normalized spacial score (nSPS) is 16.9. The summed E-state index contributed by atoms with van der Waals surface area (Å²) in [4.78, 5) is 3.19. The van der Waals surface area contributed by atoms with Gasteiger partial charge in [-0.05, 0) is 4.99 Å². The second kappa shape index (κ2) is 2.28. The molecule has 0 aromatic carbocycles. The van der Waals surface area contributed by atoms with Crippen molar-refractivity contribution in [2.75, 3.05) is 0 Å². The summed E-state index contributed by atoms with van der Waals surface area (Å²) in [5.41, 5.74) is 2.06. The fourth-order valence-corrected chi connectivity index (χ4v) is 0.469. The number of hydrazone groups is 1. The van der Waals surface area contributed by atoms with Crippen LogP contribution in [0.15, 0.2) is 4.99 Å². The molecule has 6 heteroatoms. The maximum atomic E-state index is 11.5. The number of hydrogen-bond acceptors (Lipinski definition) is 3. The minimum Gasteiger partial charge on any atom is -0.171 e. The van der Waals surface area contributed by atoms with Crippen LogP contribution in [0.25, 0.3) is 0 Å². The molecule has 1 heterocycles. The Bertz CT molecular complexity index is 181. The molecule has 0 saturated carbocycles. The van der Waals surface area contributed by atoms with E-state index in [0.717, 1.165) is 0 Å². The molecule has 1 aliphatic heterocycles. The lowest BCUT2D eigenvalue weighted by molar-refractivity contribution is -0.121. The van der Waals surface area contributed by atoms with Gasteiger partial charge in [-0.2, -0.15) is 13.2 Å². The first-order chi connectivity index (χ1) is 4.58. The zero-order valence-corrected chi connectivity index (χ0v) is 4.74. The molecule has 1 rings (SSSR count). The monoisotopic (exact) mass is 150 g/mol. The Labute approximate surface area is 54.6 Å². The number of hydrogen-bond donors (Lipinski definition) is 1. The number of amidine groups is 1. The van der Waals surface area contributed by atoms with Crippen molar-refractivity contribution in [1.82, 2.24) is 10.5 Å². The number of nitrogens with one attached hydrogen (secondary N) is 1. The minimum absolute atomic E-state index is 0.215. The van der Waals surface area contributed by atoms with E-state index in [0.29, 0.717) is 0 Å². The maximum absolute atomic E-state index is 11.5. The number of halogens is 3. The van der Waals surface area contributed by atoms with Gasteiger partial charge in [0, 0.05) is 0 Å². The summed E-state index contributed by atoms with van der Waals surface area (Å²) in [5.74, 6) is -0.215. The van der Waals surface area contributed by atoms with E-state index in [2.05, 4.69) is 15.5 Å². The van der Waals surface area contributed by atoms with Crippen molar-refractivity contribution in [3.63, 3.8) is 0 Å². The van der Waals surface area contributed by atoms with Crippen molar-refractivity contribution in [3.05, 3.63) is 0 Å². The van der Waals surface area contributed by atoms with Gasteiger partial charge in [0.2, 0.25) is 0 Å². The third-order valence-corrected chi connectivity index (χ3v) is 0.788. The molecule has 0 amide bonds. The second-order valence-electron chi connectivity index (χ2n) is 1.67. The van der Waals surface area contributed by atoms with Crippen LogP contribution in [-0.2, 0) is 0 Å². The van der Waals surface area contributed by atoms with E-state index in [-0.39, 0.29) is 5.84 Å². The Morgan fingerprint density at radius 1 is 1.60 bits per heavy atom. The van der Waals surface area contributed by atoms with E-state index in [1.54, 1.807) is 0 Å². The van der Waals surface area contributed by atoms with Crippen molar-refractivity contribution in [2.45, 2.75) is 12.6 Å². The first-order valence-electron chi connectivity index (χ1n) is 2.42. The predicted octanol–water partition coefficient (Wildman–Crippen LogP) is 0.0966. The molecule has 2 radical (unpaired) electrons. The van der Waals surface area contributed by atoms with Crippen molar-refractivity contribution in [1.29, 1.82) is 0 Å². The summed E-state index contributed by atoms with van der Waals surface area (Å²) >= 11 is 0. The molecule has 1 aliphatic rings. The first-order valence-corrected chi connectivity index (χ1v) is 2.42. The van der Waals surface area contributed by atoms with E-state index in [9.17, 15) is 13.2 Å². The Morgan fingerprint density at radius 2 is 2.30 bits per heavy atom. The third kappa shape index (κ3) is 2.04. The zero-order valence-electron chi connectivity index (χ0n) is 4.74. The van der Waals surface area contributed by atoms with Crippen LogP contribution in [0.5, 0.6) is 0 Å². The van der Waals surface area contributed by atoms with Crippen molar-refractivity contribution >= 4 is 12.2 Å². The van der Waals surface area contributed by atoms with Crippen molar-refractivity contribution in [3.8, 4) is 0 Å². The van der Waals surface area contributed by atoms with E-state index >= 15 is 0 Å². The molecule has 0 spiro atoms. The molecule has 0 unspecified atom stereocenters. The van der Waals surface area contributed by atoms with Crippen LogP contribution in [-0.4, -0.2) is 18.4 Å². The van der Waals surface area contributed by atoms with Gasteiger partial charge in [-0.1, -0.05) is 0 Å². The average Bonchev–Trinajstić information content (AvgIpc) is 2.12. The molecule has 0 aliphatic carbocycles. The third-order valence-electron chi connectivity index (χ3n) is 0.788. The quantitative estimate of drug-likeness (QED) is 0.565. The smallest absolute Gasteiger partial charge is 0.171 e. The summed E-state index contributed by atoms with van der Waals surface area (Å²) in [6, 6.07) is 0. The molecular weight excluding hydrogens is 147 g/mol. The molecule has 0 aromatic rings. The van der Waals surface area contributed by atoms with Gasteiger partial charge < -0.3 is 0 Å². The van der Waals surface area contributed by atoms with Gasteiger partial charge in [0.05, 0.1) is 5.10 Å². The Morgan fingerprint density at radius 3 is 2.70 bits per heavy atom. The molecule has 0 fully saturated rings. The fourth-order valence-electron chi connectivity index (χ4n) is 0.469. The van der Waals surface area contributed by atoms with Crippen molar-refractivity contribution < 1.29 is 13.2 Å². The number of nitrogens with zero attached hydrogens (tertiary/aromatic N) is 2. The topological polar surface area (TPSA) is 38.5 Å². The molecular formula is C4H3F3N3+. The van der Waals surface area contributed by atoms with Crippen LogP contribution in [0.3, 0.4) is 0 Å². The van der Waals surface area contributed by atoms with Gasteiger partial charge in [-0.25, -0.2) is 0 Å². The molecule has 3 nitrogen and oxygen atoms in total. The van der Waals surface area contributed by atoms with E-state index in [1.807, 2.05) is 6.34 Å². The summed E-state index contributed by atoms with van der Waals surface area (Å²) in [7, 11) is 0. The highest BCUT2D eigenvalue weighted by Crippen LogP contribution is 2.19. The summed E-state index contributed by atoms with van der Waals surface area (Å²) < 4.78 is 34.6. The highest BCUT2D eigenvalue weighted by Gasteiger charge is 2.34. The number of aliphatic imine (C=N–C) groups is 1. The van der Waals surface area contributed by atoms with Gasteiger partial charge >= 0.3 is 12.5 Å². The van der Waals surface area contributed by atoms with E-state index < -0.39 is 12.6 Å². The van der Waals surface area contributed by atoms with E-state index in [1.165, 1.54) is 0 Å². The largest absolute Gasteiger partial charge is 0.490 e. The molecule has 54 valence electrons. The van der Waals surface area contributed by atoms with Crippen LogP contribution in [0.1, 0.15) is 6.42 Å². The lowest BCUT2D eigenvalue weighted by Crippen LogP contribution is -2.26. The Hall–Kier alpha value is -1.07. The summed E-state index contributed by atoms with van der Waals surface area (Å²) in [6.45, 7) is 0.